The summed E-state index contributed by atoms with van der Waals surface area (Å²) in [5, 5.41) is 15.3. The normalized spacial score (nSPS) is 20.8. The van der Waals surface area contributed by atoms with Crippen molar-refractivity contribution in [1.82, 2.24) is 25.0 Å². The van der Waals surface area contributed by atoms with Crippen molar-refractivity contribution in [2.75, 3.05) is 13.1 Å². The second kappa shape index (κ2) is 5.04. The number of carbonyl (C=O) groups excluding carboxylic acids is 2. The van der Waals surface area contributed by atoms with Gasteiger partial charge in [-0.05, 0) is 6.92 Å². The number of nitrogens with zero attached hydrogens (tertiary/aromatic N) is 4. The zero-order valence-electron chi connectivity index (χ0n) is 10.2. The van der Waals surface area contributed by atoms with E-state index in [1.54, 1.807) is 6.92 Å². The van der Waals surface area contributed by atoms with Gasteiger partial charge < -0.3 is 15.3 Å². The van der Waals surface area contributed by atoms with Crippen molar-refractivity contribution < 1.29 is 19.5 Å². The van der Waals surface area contributed by atoms with Gasteiger partial charge in [-0.2, -0.15) is 5.10 Å². The average molecular weight is 267 g/mol. The lowest BCUT2D eigenvalue weighted by Crippen LogP contribution is -2.60. The first-order valence-electron chi connectivity index (χ1n) is 5.65. The summed E-state index contributed by atoms with van der Waals surface area (Å²) < 4.78 is 1.31. The largest absolute Gasteiger partial charge is 0.480 e. The van der Waals surface area contributed by atoms with Gasteiger partial charge in [0, 0.05) is 6.54 Å². The highest BCUT2D eigenvalue weighted by atomic mass is 16.4. The molecule has 2 atom stereocenters. The van der Waals surface area contributed by atoms with Gasteiger partial charge in [0.05, 0.1) is 0 Å². The second-order valence-corrected chi connectivity index (χ2v) is 4.18. The molecule has 9 nitrogen and oxygen atoms in total. The first-order valence-corrected chi connectivity index (χ1v) is 5.65. The topological polar surface area (TPSA) is 117 Å². The lowest BCUT2D eigenvalue weighted by molar-refractivity contribution is -0.155. The van der Waals surface area contributed by atoms with Crippen LogP contribution in [0.15, 0.2) is 12.7 Å². The van der Waals surface area contributed by atoms with Crippen molar-refractivity contribution in [3.8, 4) is 0 Å². The van der Waals surface area contributed by atoms with Gasteiger partial charge in [-0.3, -0.25) is 9.59 Å². The van der Waals surface area contributed by atoms with Crippen molar-refractivity contribution in [2.45, 2.75) is 19.0 Å². The van der Waals surface area contributed by atoms with Crippen LogP contribution in [-0.4, -0.2) is 61.7 Å². The van der Waals surface area contributed by atoms with E-state index in [9.17, 15) is 14.4 Å². The fourth-order valence-electron chi connectivity index (χ4n) is 1.86. The van der Waals surface area contributed by atoms with Gasteiger partial charge in [-0.15, -0.1) is 0 Å². The van der Waals surface area contributed by atoms with Crippen molar-refractivity contribution in [2.24, 2.45) is 0 Å². The van der Waals surface area contributed by atoms with Crippen LogP contribution >= 0.6 is 0 Å². The number of rotatable bonds is 3. The molecule has 9 heteroatoms. The van der Waals surface area contributed by atoms with E-state index in [0.29, 0.717) is 0 Å². The van der Waals surface area contributed by atoms with Crippen molar-refractivity contribution >= 4 is 17.8 Å². The van der Waals surface area contributed by atoms with Gasteiger partial charge in [0.25, 0.3) is 0 Å². The number of carboxylic acid groups (broad SMARTS) is 1. The summed E-state index contributed by atoms with van der Waals surface area (Å²) in [7, 11) is 0. The van der Waals surface area contributed by atoms with E-state index in [0.717, 1.165) is 4.90 Å². The Hall–Kier alpha value is -2.45. The molecule has 2 N–H and O–H groups in total. The molecule has 0 saturated carbocycles. The number of aliphatic carboxylic acids is 1. The maximum Gasteiger partial charge on any atom is 0.328 e. The summed E-state index contributed by atoms with van der Waals surface area (Å²) in [6.07, 6.45) is 2.64. The first kappa shape index (κ1) is 13.0. The maximum atomic E-state index is 12.3. The average Bonchev–Trinajstić information content (AvgIpc) is 2.90. The Bertz CT molecular complexity index is 500. The molecule has 2 heterocycles. The molecule has 0 spiro atoms. The van der Waals surface area contributed by atoms with E-state index in [4.69, 9.17) is 5.11 Å². The zero-order valence-corrected chi connectivity index (χ0v) is 10.2. The van der Waals surface area contributed by atoms with E-state index in [2.05, 4.69) is 15.4 Å². The molecule has 0 aromatic carbocycles. The molecule has 0 radical (unpaired) electrons. The van der Waals surface area contributed by atoms with Gasteiger partial charge in [0.2, 0.25) is 11.8 Å². The van der Waals surface area contributed by atoms with E-state index in [-0.39, 0.29) is 19.0 Å². The standard InChI is InChI=1S/C10H13N5O4/c1-6(15-5-11-4-13-15)9(17)14-3-8(16)12-2-7(14)10(18)19/h4-7H,2-3H2,1H3,(H,12,16)(H,18,19). The summed E-state index contributed by atoms with van der Waals surface area (Å²) in [6, 6.07) is -1.77. The molecule has 0 aliphatic carbocycles. The molecule has 2 rings (SSSR count). The van der Waals surface area contributed by atoms with Crippen LogP contribution in [0.25, 0.3) is 0 Å². The lowest BCUT2D eigenvalue weighted by Gasteiger charge is -2.34. The van der Waals surface area contributed by atoms with Gasteiger partial charge in [0.1, 0.15) is 31.3 Å². The fraction of sp³-hybridized carbons (Fsp3) is 0.500. The molecule has 0 bridgehead atoms. The number of aromatic nitrogens is 3. The van der Waals surface area contributed by atoms with Crippen molar-refractivity contribution in [3.63, 3.8) is 0 Å². The van der Waals surface area contributed by atoms with Crippen LogP contribution in [0, 0.1) is 0 Å². The molecule has 19 heavy (non-hydrogen) atoms. The van der Waals surface area contributed by atoms with E-state index >= 15 is 0 Å². The van der Waals surface area contributed by atoms with Gasteiger partial charge in [-0.1, -0.05) is 0 Å². The number of carbonyl (C=O) groups is 3. The number of piperazine rings is 1. The molecule has 2 amide bonds. The molecular weight excluding hydrogens is 254 g/mol. The van der Waals surface area contributed by atoms with Crippen LogP contribution in [0.1, 0.15) is 13.0 Å². The van der Waals surface area contributed by atoms with Gasteiger partial charge in [0.15, 0.2) is 0 Å². The molecule has 1 aliphatic heterocycles. The maximum absolute atomic E-state index is 12.3. The Morgan fingerprint density at radius 2 is 2.32 bits per heavy atom. The Kier molecular flexibility index (Phi) is 3.45. The van der Waals surface area contributed by atoms with Crippen LogP contribution in [0.4, 0.5) is 0 Å². The van der Waals surface area contributed by atoms with Crippen LogP contribution in [0.5, 0.6) is 0 Å². The number of carboxylic acids is 1. The summed E-state index contributed by atoms with van der Waals surface area (Å²) >= 11 is 0. The van der Waals surface area contributed by atoms with E-state index < -0.39 is 24.0 Å². The smallest absolute Gasteiger partial charge is 0.328 e. The number of hydrogen-bond acceptors (Lipinski definition) is 5. The van der Waals surface area contributed by atoms with E-state index in [1.165, 1.54) is 17.3 Å². The molecule has 2 unspecified atom stereocenters. The monoisotopic (exact) mass is 267 g/mol. The Labute approximate surface area is 108 Å². The minimum absolute atomic E-state index is 0.0933. The molecule has 102 valence electrons. The molecular formula is C10H13N5O4. The Morgan fingerprint density at radius 3 is 2.89 bits per heavy atom. The van der Waals surface area contributed by atoms with Crippen LogP contribution in [-0.2, 0) is 14.4 Å². The highest BCUT2D eigenvalue weighted by Gasteiger charge is 2.37. The van der Waals surface area contributed by atoms with Gasteiger partial charge >= 0.3 is 5.97 Å². The predicted octanol–water partition coefficient (Wildman–Crippen LogP) is -1.75. The zero-order chi connectivity index (χ0) is 14.0. The highest BCUT2D eigenvalue weighted by molar-refractivity contribution is 5.92. The second-order valence-electron chi connectivity index (χ2n) is 4.18. The third-order valence-corrected chi connectivity index (χ3v) is 2.94. The number of amides is 2. The van der Waals surface area contributed by atoms with E-state index in [1.807, 2.05) is 0 Å². The summed E-state index contributed by atoms with van der Waals surface area (Å²) in [5.41, 5.74) is 0. The van der Waals surface area contributed by atoms with Gasteiger partial charge in [-0.25, -0.2) is 14.5 Å². The molecule has 1 saturated heterocycles. The third kappa shape index (κ3) is 2.54. The highest BCUT2D eigenvalue weighted by Crippen LogP contribution is 2.13. The van der Waals surface area contributed by atoms with Crippen LogP contribution in [0.3, 0.4) is 0 Å². The summed E-state index contributed by atoms with van der Waals surface area (Å²) in [4.78, 5) is 39.5. The van der Waals surface area contributed by atoms with Crippen molar-refractivity contribution in [1.29, 1.82) is 0 Å². The number of hydrogen-bond donors (Lipinski definition) is 2. The predicted molar refractivity (Wildman–Crippen MR) is 60.9 cm³/mol. The first-order chi connectivity index (χ1) is 9.00. The Balaban J connectivity index is 2.19. The minimum atomic E-state index is -1.15. The lowest BCUT2D eigenvalue weighted by atomic mass is 10.1. The molecule has 1 aromatic heterocycles. The van der Waals surface area contributed by atoms with Crippen molar-refractivity contribution in [3.05, 3.63) is 12.7 Å². The molecule has 1 aliphatic rings. The quantitative estimate of drug-likeness (QED) is 0.670. The molecule has 1 aromatic rings. The van der Waals surface area contributed by atoms with Crippen LogP contribution < -0.4 is 5.32 Å². The summed E-state index contributed by atoms with van der Waals surface area (Å²) in [5.74, 6) is -2.01. The van der Waals surface area contributed by atoms with Crippen LogP contribution in [0.2, 0.25) is 0 Å². The third-order valence-electron chi connectivity index (χ3n) is 2.94. The minimum Gasteiger partial charge on any atom is -0.480 e. The number of nitrogens with one attached hydrogen (secondary N) is 1. The SMILES string of the molecule is CC(C(=O)N1CC(=O)NCC1C(=O)O)n1cncn1. The fourth-order valence-corrected chi connectivity index (χ4v) is 1.86. The Morgan fingerprint density at radius 1 is 1.58 bits per heavy atom. The molecule has 1 fully saturated rings. The summed E-state index contributed by atoms with van der Waals surface area (Å²) in [6.45, 7) is 1.21.